The molecule has 0 aliphatic carbocycles. The molecule has 2 rings (SSSR count). The molecule has 0 saturated carbocycles. The van der Waals surface area contributed by atoms with Crippen molar-refractivity contribution in [2.45, 2.75) is 6.32 Å². The Balaban J connectivity index is 0.000000357. The van der Waals surface area contributed by atoms with Gasteiger partial charge in [0.05, 0.1) is 7.85 Å². The molecule has 18 heavy (non-hydrogen) atoms. The maximum atomic E-state index is 11.3. The molecule has 2 aromatic rings. The molecule has 2 radical (unpaired) electrons. The quantitative estimate of drug-likeness (QED) is 0.593. The molecule has 0 fully saturated rings. The minimum absolute atomic E-state index is 0.0178. The first-order chi connectivity index (χ1) is 8.54. The Hall–Kier alpha value is -1.61. The van der Waals surface area contributed by atoms with E-state index in [2.05, 4.69) is 0 Å². The fourth-order valence-electron chi connectivity index (χ4n) is 1.48. The van der Waals surface area contributed by atoms with Gasteiger partial charge in [-0.1, -0.05) is 36.4 Å². The van der Waals surface area contributed by atoms with Crippen LogP contribution in [0.1, 0.15) is 10.4 Å². The van der Waals surface area contributed by atoms with Crippen LogP contribution < -0.4 is 0 Å². The highest BCUT2D eigenvalue weighted by molar-refractivity contribution is 6.24. The fraction of sp³-hybridized carbons (Fsp3) is 0.267. The maximum absolute atomic E-state index is 11.3. The molecule has 0 bridgehead atoms. The Kier molecular flexibility index (Phi) is 5.60. The van der Waals surface area contributed by atoms with Gasteiger partial charge in [0.2, 0.25) is 0 Å². The number of carbonyl (C=O) groups excluding carboxylic acids is 1. The van der Waals surface area contributed by atoms with Crippen molar-refractivity contribution in [3.63, 3.8) is 0 Å². The summed E-state index contributed by atoms with van der Waals surface area (Å²) in [7, 11) is 11.3. The minimum Gasteiger partial charge on any atom is -0.312 e. The van der Waals surface area contributed by atoms with Gasteiger partial charge in [0.25, 0.3) is 0 Å². The van der Waals surface area contributed by atoms with Crippen LogP contribution in [-0.4, -0.2) is 39.7 Å². The van der Waals surface area contributed by atoms with E-state index in [1.165, 1.54) is 0 Å². The van der Waals surface area contributed by atoms with Crippen LogP contribution in [0.2, 0.25) is 6.32 Å². The molecule has 2 nitrogen and oxygen atoms in total. The first kappa shape index (κ1) is 14.5. The summed E-state index contributed by atoms with van der Waals surface area (Å²) in [6, 6.07) is 13.6. The second-order valence-electron chi connectivity index (χ2n) is 4.53. The molecule has 0 N–H and O–H groups in total. The van der Waals surface area contributed by atoms with Crippen molar-refractivity contribution in [1.29, 1.82) is 0 Å². The number of Topliss-reactive ketones (excluding diaryl/α,β-unsaturated/α-hetero) is 1. The fourth-order valence-corrected chi connectivity index (χ4v) is 1.48. The monoisotopic (exact) mass is 239 g/mol. The van der Waals surface area contributed by atoms with Crippen molar-refractivity contribution in [1.82, 2.24) is 4.90 Å². The lowest BCUT2D eigenvalue weighted by molar-refractivity contribution is 0.101. The standard InChI is InChI=1S/C12H9BO.C3H9N/c13-8-12(14)11-6-5-9-3-1-2-4-10(9)7-11;1-4(2)3/h1-7H,8H2;1-3H3. The highest BCUT2D eigenvalue weighted by Crippen LogP contribution is 2.16. The summed E-state index contributed by atoms with van der Waals surface area (Å²) in [6.45, 7) is 0. The first-order valence-electron chi connectivity index (χ1n) is 5.87. The van der Waals surface area contributed by atoms with Crippen LogP contribution in [0.3, 0.4) is 0 Å². The lowest BCUT2D eigenvalue weighted by Crippen LogP contribution is -1.99. The van der Waals surface area contributed by atoms with Gasteiger partial charge in [0.1, 0.15) is 0 Å². The van der Waals surface area contributed by atoms with E-state index in [1.54, 1.807) is 0 Å². The van der Waals surface area contributed by atoms with Crippen molar-refractivity contribution in [3.05, 3.63) is 48.0 Å². The van der Waals surface area contributed by atoms with Crippen molar-refractivity contribution in [2.24, 2.45) is 0 Å². The molecule has 0 aliphatic heterocycles. The van der Waals surface area contributed by atoms with E-state index >= 15 is 0 Å². The topological polar surface area (TPSA) is 20.3 Å². The molecule has 0 unspecified atom stereocenters. The summed E-state index contributed by atoms with van der Waals surface area (Å²) in [5.41, 5.74) is 0.686. The number of fused-ring (bicyclic) bond motifs is 1. The molecular weight excluding hydrogens is 221 g/mol. The normalized spacial score (nSPS) is 10.0. The molecule has 0 spiro atoms. The second kappa shape index (κ2) is 6.97. The zero-order valence-corrected chi connectivity index (χ0v) is 11.2. The number of nitrogens with zero attached hydrogens (tertiary/aromatic N) is 1. The molecule has 0 saturated heterocycles. The molecule has 0 atom stereocenters. The van der Waals surface area contributed by atoms with Crippen LogP contribution in [0.15, 0.2) is 42.5 Å². The number of ketones is 1. The van der Waals surface area contributed by atoms with Crippen LogP contribution >= 0.6 is 0 Å². The van der Waals surface area contributed by atoms with Crippen LogP contribution in [0.4, 0.5) is 0 Å². The number of carbonyl (C=O) groups is 1. The summed E-state index contributed by atoms with van der Waals surface area (Å²) in [6.07, 6.45) is 0.0678. The third-order valence-corrected chi connectivity index (χ3v) is 2.26. The second-order valence-corrected chi connectivity index (χ2v) is 4.53. The first-order valence-corrected chi connectivity index (χ1v) is 5.87. The van der Waals surface area contributed by atoms with E-state index in [4.69, 9.17) is 7.85 Å². The van der Waals surface area contributed by atoms with Gasteiger partial charge in [-0.25, -0.2) is 0 Å². The predicted octanol–water partition coefficient (Wildman–Crippen LogP) is 2.79. The molecule has 0 aromatic heterocycles. The van der Waals surface area contributed by atoms with Gasteiger partial charge in [-0.05, 0) is 44.3 Å². The van der Waals surface area contributed by atoms with Crippen LogP contribution in [0.25, 0.3) is 10.8 Å². The van der Waals surface area contributed by atoms with Gasteiger partial charge in [0.15, 0.2) is 5.78 Å². The molecule has 0 heterocycles. The third-order valence-electron chi connectivity index (χ3n) is 2.26. The largest absolute Gasteiger partial charge is 0.312 e. The van der Waals surface area contributed by atoms with Gasteiger partial charge in [-0.3, -0.25) is 4.79 Å². The van der Waals surface area contributed by atoms with Gasteiger partial charge in [-0.2, -0.15) is 0 Å². The van der Waals surface area contributed by atoms with Crippen LogP contribution in [-0.2, 0) is 0 Å². The Morgan fingerprint density at radius 1 is 1.06 bits per heavy atom. The SMILES string of the molecule is CN(C)C.[B]CC(=O)c1ccc2ccccc2c1. The Morgan fingerprint density at radius 2 is 1.61 bits per heavy atom. The van der Waals surface area contributed by atoms with Gasteiger partial charge < -0.3 is 4.90 Å². The zero-order chi connectivity index (χ0) is 13.5. The number of hydrogen-bond donors (Lipinski definition) is 0. The van der Waals surface area contributed by atoms with Gasteiger partial charge >= 0.3 is 0 Å². The summed E-state index contributed by atoms with van der Waals surface area (Å²) >= 11 is 0. The minimum atomic E-state index is -0.0178. The summed E-state index contributed by atoms with van der Waals surface area (Å²) in [5.74, 6) is -0.0178. The van der Waals surface area contributed by atoms with Crippen molar-refractivity contribution >= 4 is 24.4 Å². The Bertz CT molecular complexity index is 520. The Morgan fingerprint density at radius 3 is 2.17 bits per heavy atom. The van der Waals surface area contributed by atoms with E-state index in [-0.39, 0.29) is 12.1 Å². The van der Waals surface area contributed by atoms with Gasteiger partial charge in [-0.15, -0.1) is 0 Å². The predicted molar refractivity (Wildman–Crippen MR) is 78.5 cm³/mol. The smallest absolute Gasteiger partial charge is 0.154 e. The summed E-state index contributed by atoms with van der Waals surface area (Å²) in [4.78, 5) is 13.3. The highest BCUT2D eigenvalue weighted by atomic mass is 16.1. The average molecular weight is 239 g/mol. The molecule has 3 heteroatoms. The third kappa shape index (κ3) is 4.34. The van der Waals surface area contributed by atoms with E-state index in [9.17, 15) is 4.79 Å². The van der Waals surface area contributed by atoms with E-state index in [0.29, 0.717) is 5.56 Å². The summed E-state index contributed by atoms with van der Waals surface area (Å²) < 4.78 is 0. The van der Waals surface area contributed by atoms with Crippen molar-refractivity contribution in [3.8, 4) is 0 Å². The molecule has 0 aliphatic rings. The Labute approximate surface area is 110 Å². The van der Waals surface area contributed by atoms with E-state index in [1.807, 2.05) is 68.5 Å². The van der Waals surface area contributed by atoms with E-state index in [0.717, 1.165) is 10.8 Å². The zero-order valence-electron chi connectivity index (χ0n) is 11.2. The maximum Gasteiger partial charge on any atom is 0.154 e. The van der Waals surface area contributed by atoms with Crippen molar-refractivity contribution < 1.29 is 4.79 Å². The van der Waals surface area contributed by atoms with E-state index < -0.39 is 0 Å². The number of benzene rings is 2. The van der Waals surface area contributed by atoms with Crippen LogP contribution in [0, 0.1) is 0 Å². The number of hydrogen-bond acceptors (Lipinski definition) is 2. The molecule has 92 valence electrons. The molecule has 2 aromatic carbocycles. The molecule has 0 amide bonds. The summed E-state index contributed by atoms with van der Waals surface area (Å²) in [5, 5.41) is 2.22. The highest BCUT2D eigenvalue weighted by Gasteiger charge is 2.02. The van der Waals surface area contributed by atoms with Crippen LogP contribution in [0.5, 0.6) is 0 Å². The lowest BCUT2D eigenvalue weighted by atomic mass is 9.94. The average Bonchev–Trinajstić information content (AvgIpc) is 2.36. The van der Waals surface area contributed by atoms with Crippen molar-refractivity contribution in [2.75, 3.05) is 21.1 Å². The number of rotatable bonds is 2. The molecular formula is C15H18BNO. The van der Waals surface area contributed by atoms with Gasteiger partial charge in [0, 0.05) is 5.56 Å². The lowest BCUT2D eigenvalue weighted by Gasteiger charge is -2.00.